The smallest absolute Gasteiger partial charge is 0.165 e. The van der Waals surface area contributed by atoms with E-state index in [1.165, 1.54) is 5.57 Å². The molecule has 6 atom stereocenters. The fourth-order valence-corrected chi connectivity index (χ4v) is 7.33. The molecule has 0 unspecified atom stereocenters. The summed E-state index contributed by atoms with van der Waals surface area (Å²) in [6.07, 6.45) is 11.3. The zero-order valence-corrected chi connectivity index (χ0v) is 18.2. The first-order chi connectivity index (χ1) is 13.8. The molecule has 3 heteroatoms. The maximum absolute atomic E-state index is 13.5. The largest absolute Gasteiger partial charge is 0.393 e. The summed E-state index contributed by atoms with van der Waals surface area (Å²) in [5.41, 5.74) is 3.56. The second-order valence-corrected chi connectivity index (χ2v) is 10.8. The van der Waals surface area contributed by atoms with Crippen LogP contribution in [0.3, 0.4) is 0 Å². The molecule has 4 aliphatic carbocycles. The molecule has 0 aliphatic heterocycles. The van der Waals surface area contributed by atoms with Gasteiger partial charge in [0, 0.05) is 10.4 Å². The quantitative estimate of drug-likeness (QED) is 0.440. The third kappa shape index (κ3) is 2.98. The van der Waals surface area contributed by atoms with E-state index in [9.17, 15) is 9.90 Å². The Morgan fingerprint density at radius 3 is 2.52 bits per heavy atom. The van der Waals surface area contributed by atoms with Gasteiger partial charge in [0.2, 0.25) is 0 Å². The van der Waals surface area contributed by atoms with E-state index in [1.54, 1.807) is 0 Å². The molecular weight excluding hydrogens is 380 g/mol. The van der Waals surface area contributed by atoms with E-state index < -0.39 is 0 Å². The van der Waals surface area contributed by atoms with E-state index in [-0.39, 0.29) is 16.9 Å². The topological polar surface area (TPSA) is 37.3 Å². The highest BCUT2D eigenvalue weighted by molar-refractivity contribution is 6.30. The number of fused-ring (bicyclic) bond motifs is 5. The van der Waals surface area contributed by atoms with Crippen molar-refractivity contribution in [2.45, 2.75) is 64.9 Å². The molecule has 0 saturated heterocycles. The van der Waals surface area contributed by atoms with Crippen LogP contribution < -0.4 is 0 Å². The summed E-state index contributed by atoms with van der Waals surface area (Å²) in [4.78, 5) is 13.5. The average molecular weight is 411 g/mol. The summed E-state index contributed by atoms with van der Waals surface area (Å²) in [5.74, 6) is 2.04. The lowest BCUT2D eigenvalue weighted by Crippen LogP contribution is -2.50. The molecule has 1 aromatic rings. The molecule has 0 amide bonds. The van der Waals surface area contributed by atoms with E-state index in [2.05, 4.69) is 26.0 Å². The Morgan fingerprint density at radius 1 is 1.03 bits per heavy atom. The minimum absolute atomic E-state index is 0.165. The number of hydrogen-bond donors (Lipinski definition) is 1. The van der Waals surface area contributed by atoms with Crippen molar-refractivity contribution in [2.75, 3.05) is 0 Å². The number of carbonyl (C=O) groups is 1. The monoisotopic (exact) mass is 410 g/mol. The predicted octanol–water partition coefficient (Wildman–Crippen LogP) is 6.23. The minimum atomic E-state index is -0.213. The van der Waals surface area contributed by atoms with Gasteiger partial charge >= 0.3 is 0 Å². The molecule has 1 aromatic carbocycles. The third-order valence-electron chi connectivity index (χ3n) is 8.93. The van der Waals surface area contributed by atoms with Crippen molar-refractivity contribution in [3.63, 3.8) is 0 Å². The predicted molar refractivity (Wildman–Crippen MR) is 118 cm³/mol. The summed E-state index contributed by atoms with van der Waals surface area (Å²) in [6, 6.07) is 7.79. The van der Waals surface area contributed by atoms with Gasteiger partial charge in [-0.15, -0.1) is 0 Å². The van der Waals surface area contributed by atoms with Gasteiger partial charge in [-0.1, -0.05) is 49.2 Å². The minimum Gasteiger partial charge on any atom is -0.393 e. The zero-order valence-electron chi connectivity index (χ0n) is 17.5. The van der Waals surface area contributed by atoms with Crippen molar-refractivity contribution in [1.82, 2.24) is 0 Å². The number of aliphatic hydroxyl groups is 1. The number of Topliss-reactive ketones (excluding diaryl/α,β-unsaturated/α-hetero) is 1. The van der Waals surface area contributed by atoms with Crippen molar-refractivity contribution in [3.05, 3.63) is 52.1 Å². The van der Waals surface area contributed by atoms with Gasteiger partial charge in [0.15, 0.2) is 5.78 Å². The third-order valence-corrected chi connectivity index (χ3v) is 9.18. The van der Waals surface area contributed by atoms with E-state index in [1.807, 2.05) is 24.3 Å². The molecule has 0 aromatic heterocycles. The lowest BCUT2D eigenvalue weighted by Gasteiger charge is -2.56. The molecule has 2 nitrogen and oxygen atoms in total. The fourth-order valence-electron chi connectivity index (χ4n) is 7.20. The molecule has 1 N–H and O–H groups in total. The Kier molecular flexibility index (Phi) is 4.60. The Hall–Kier alpha value is -1.38. The van der Waals surface area contributed by atoms with Gasteiger partial charge in [0.1, 0.15) is 0 Å². The second kappa shape index (κ2) is 6.82. The van der Waals surface area contributed by atoms with Gasteiger partial charge in [-0.05, 0) is 97.5 Å². The summed E-state index contributed by atoms with van der Waals surface area (Å²) < 4.78 is 0. The van der Waals surface area contributed by atoms with Crippen molar-refractivity contribution < 1.29 is 9.90 Å². The lowest BCUT2D eigenvalue weighted by molar-refractivity contribution is -0.130. The first-order valence-electron chi connectivity index (χ1n) is 11.2. The standard InChI is InChI=1S/C26H31ClO2/c1-25-11-9-20(28)15-18(25)5-8-21-22(25)10-12-26(2)23(21)14-17(24(26)29)13-16-3-6-19(27)7-4-16/h3-7,13,20-23,28H,8-12,14-15H2,1-2H3/b17-13+/t20-,21-,22+,23-,25+,26-/m1/s1. The van der Waals surface area contributed by atoms with Crippen LogP contribution >= 0.6 is 11.6 Å². The van der Waals surface area contributed by atoms with Crippen LogP contribution in [0.4, 0.5) is 0 Å². The van der Waals surface area contributed by atoms with Crippen LogP contribution in [-0.4, -0.2) is 17.0 Å². The Labute approximate surface area is 179 Å². The van der Waals surface area contributed by atoms with Crippen molar-refractivity contribution in [2.24, 2.45) is 28.6 Å². The first kappa shape index (κ1) is 19.6. The Balaban J connectivity index is 1.47. The number of benzene rings is 1. The number of allylic oxidation sites excluding steroid dienone is 2. The van der Waals surface area contributed by atoms with Crippen LogP contribution in [0.15, 0.2) is 41.5 Å². The molecule has 154 valence electrons. The van der Waals surface area contributed by atoms with E-state index in [0.717, 1.165) is 61.1 Å². The Morgan fingerprint density at radius 2 is 1.76 bits per heavy atom. The highest BCUT2D eigenvalue weighted by Gasteiger charge is 2.59. The second-order valence-electron chi connectivity index (χ2n) is 10.4. The summed E-state index contributed by atoms with van der Waals surface area (Å²) in [6.45, 7) is 4.66. The van der Waals surface area contributed by atoms with Crippen LogP contribution in [0.1, 0.15) is 64.4 Å². The fraction of sp³-hybridized carbons (Fsp3) is 0.577. The summed E-state index contributed by atoms with van der Waals surface area (Å²) in [5, 5.41) is 10.9. The number of rotatable bonds is 1. The highest BCUT2D eigenvalue weighted by atomic mass is 35.5. The first-order valence-corrected chi connectivity index (χ1v) is 11.6. The molecule has 0 radical (unpaired) electrons. The van der Waals surface area contributed by atoms with Crippen molar-refractivity contribution >= 4 is 23.5 Å². The van der Waals surface area contributed by atoms with Gasteiger partial charge in [0.25, 0.3) is 0 Å². The van der Waals surface area contributed by atoms with Gasteiger partial charge in [-0.25, -0.2) is 0 Å². The van der Waals surface area contributed by atoms with Crippen LogP contribution in [0.5, 0.6) is 0 Å². The average Bonchev–Trinajstić information content (AvgIpc) is 2.95. The van der Waals surface area contributed by atoms with Crippen molar-refractivity contribution in [1.29, 1.82) is 0 Å². The number of hydrogen-bond acceptors (Lipinski definition) is 2. The van der Waals surface area contributed by atoms with Gasteiger partial charge in [0.05, 0.1) is 6.10 Å². The molecule has 4 aliphatic rings. The summed E-state index contributed by atoms with van der Waals surface area (Å²) >= 11 is 6.02. The molecule has 0 spiro atoms. The maximum atomic E-state index is 13.5. The lowest BCUT2D eigenvalue weighted by atomic mass is 9.48. The molecule has 3 saturated carbocycles. The molecule has 0 bridgehead atoms. The van der Waals surface area contributed by atoms with Crippen LogP contribution in [0.25, 0.3) is 6.08 Å². The van der Waals surface area contributed by atoms with E-state index in [4.69, 9.17) is 11.6 Å². The molecule has 5 rings (SSSR count). The summed E-state index contributed by atoms with van der Waals surface area (Å²) in [7, 11) is 0. The Bertz CT molecular complexity index is 898. The molecule has 3 fully saturated rings. The zero-order chi connectivity index (χ0) is 20.4. The van der Waals surface area contributed by atoms with E-state index >= 15 is 0 Å². The van der Waals surface area contributed by atoms with E-state index in [0.29, 0.717) is 23.5 Å². The number of ketones is 1. The number of aliphatic hydroxyl groups excluding tert-OH is 1. The SMILES string of the molecule is C[C@@]12CC[C@H]3[C@@H](CC=C4C[C@H](O)CC[C@@]43C)[C@H]1C/C(=C\c1ccc(Cl)cc1)C2=O. The van der Waals surface area contributed by atoms with Crippen LogP contribution in [0, 0.1) is 28.6 Å². The van der Waals surface area contributed by atoms with Crippen molar-refractivity contribution in [3.8, 4) is 0 Å². The number of carbonyl (C=O) groups excluding carboxylic acids is 1. The maximum Gasteiger partial charge on any atom is 0.165 e. The normalized spacial score (nSPS) is 42.8. The number of halogens is 1. The van der Waals surface area contributed by atoms with Gasteiger partial charge in [-0.3, -0.25) is 4.79 Å². The van der Waals surface area contributed by atoms with Crippen LogP contribution in [0.2, 0.25) is 5.02 Å². The molecule has 0 heterocycles. The molecular formula is C26H31ClO2. The molecule has 29 heavy (non-hydrogen) atoms. The van der Waals surface area contributed by atoms with Crippen LogP contribution in [-0.2, 0) is 4.79 Å². The van der Waals surface area contributed by atoms with Gasteiger partial charge in [-0.2, -0.15) is 0 Å². The highest BCUT2D eigenvalue weighted by Crippen LogP contribution is 2.64. The van der Waals surface area contributed by atoms with Gasteiger partial charge < -0.3 is 5.11 Å².